The van der Waals surface area contributed by atoms with E-state index in [2.05, 4.69) is 11.6 Å². The molecule has 0 saturated heterocycles. The quantitative estimate of drug-likeness (QED) is 0.708. The van der Waals surface area contributed by atoms with Gasteiger partial charge in [0, 0.05) is 18.0 Å². The third-order valence-corrected chi connectivity index (χ3v) is 2.42. The van der Waals surface area contributed by atoms with Crippen molar-refractivity contribution in [3.8, 4) is 0 Å². The summed E-state index contributed by atoms with van der Waals surface area (Å²) in [5.41, 5.74) is 5.33. The molecular weight excluding hydrogens is 196 g/mol. The highest BCUT2D eigenvalue weighted by atomic mass is 32.2. The Hall–Kier alpha value is -0.220. The van der Waals surface area contributed by atoms with Crippen molar-refractivity contribution < 1.29 is 4.79 Å². The molecule has 3 N–H and O–H groups in total. The highest BCUT2D eigenvalue weighted by Gasteiger charge is 2.17. The van der Waals surface area contributed by atoms with E-state index >= 15 is 0 Å². The predicted molar refractivity (Wildman–Crippen MR) is 63.5 cm³/mol. The van der Waals surface area contributed by atoms with Crippen LogP contribution in [-0.4, -0.2) is 29.5 Å². The van der Waals surface area contributed by atoms with Crippen LogP contribution in [0, 0.1) is 0 Å². The van der Waals surface area contributed by atoms with Crippen LogP contribution < -0.4 is 11.1 Å². The van der Waals surface area contributed by atoms with Gasteiger partial charge in [-0.25, -0.2) is 0 Å². The van der Waals surface area contributed by atoms with Crippen LogP contribution in [0.4, 0.5) is 0 Å². The summed E-state index contributed by atoms with van der Waals surface area (Å²) in [6, 6.07) is 0.247. The SMILES string of the molecule is CSCCC(C)NC(=O)CC(C)(C)N. The smallest absolute Gasteiger partial charge is 0.222 e. The summed E-state index contributed by atoms with van der Waals surface area (Å²) in [6.07, 6.45) is 3.46. The van der Waals surface area contributed by atoms with Gasteiger partial charge in [0.05, 0.1) is 0 Å². The number of hydrogen-bond donors (Lipinski definition) is 2. The van der Waals surface area contributed by atoms with Gasteiger partial charge >= 0.3 is 0 Å². The van der Waals surface area contributed by atoms with Gasteiger partial charge in [-0.05, 0) is 39.2 Å². The molecule has 0 spiro atoms. The zero-order chi connectivity index (χ0) is 11.2. The van der Waals surface area contributed by atoms with Gasteiger partial charge in [0.1, 0.15) is 0 Å². The predicted octanol–water partition coefficient (Wildman–Crippen LogP) is 1.37. The Morgan fingerprint density at radius 3 is 2.57 bits per heavy atom. The molecule has 0 aliphatic heterocycles. The zero-order valence-corrected chi connectivity index (χ0v) is 10.4. The summed E-state index contributed by atoms with van der Waals surface area (Å²) in [6.45, 7) is 5.75. The second-order valence-corrected chi connectivity index (χ2v) is 5.40. The summed E-state index contributed by atoms with van der Waals surface area (Å²) in [5, 5.41) is 2.94. The standard InChI is InChI=1S/C10H22N2OS/c1-8(5-6-14-4)12-9(13)7-10(2,3)11/h8H,5-7,11H2,1-4H3,(H,12,13). The van der Waals surface area contributed by atoms with E-state index in [-0.39, 0.29) is 11.9 Å². The maximum absolute atomic E-state index is 11.4. The number of hydrogen-bond acceptors (Lipinski definition) is 3. The van der Waals surface area contributed by atoms with Crippen molar-refractivity contribution in [1.82, 2.24) is 5.32 Å². The van der Waals surface area contributed by atoms with Gasteiger partial charge in [-0.2, -0.15) is 11.8 Å². The molecule has 14 heavy (non-hydrogen) atoms. The Kier molecular flexibility index (Phi) is 6.20. The Morgan fingerprint density at radius 2 is 2.14 bits per heavy atom. The summed E-state index contributed by atoms with van der Waals surface area (Å²) in [4.78, 5) is 11.4. The summed E-state index contributed by atoms with van der Waals surface area (Å²) < 4.78 is 0. The molecule has 0 aromatic heterocycles. The maximum Gasteiger partial charge on any atom is 0.222 e. The van der Waals surface area contributed by atoms with Crippen molar-refractivity contribution in [3.05, 3.63) is 0 Å². The molecule has 0 fully saturated rings. The number of nitrogens with one attached hydrogen (secondary N) is 1. The van der Waals surface area contributed by atoms with Gasteiger partial charge in [0.15, 0.2) is 0 Å². The number of rotatable bonds is 6. The molecule has 0 aliphatic carbocycles. The minimum absolute atomic E-state index is 0.0473. The molecule has 0 aromatic rings. The molecule has 0 rings (SSSR count). The van der Waals surface area contributed by atoms with Crippen LogP contribution in [0.5, 0.6) is 0 Å². The van der Waals surface area contributed by atoms with Gasteiger partial charge in [-0.15, -0.1) is 0 Å². The molecule has 1 unspecified atom stereocenters. The monoisotopic (exact) mass is 218 g/mol. The fourth-order valence-electron chi connectivity index (χ4n) is 1.11. The van der Waals surface area contributed by atoms with Crippen molar-refractivity contribution in [2.24, 2.45) is 5.73 Å². The Labute approximate surface area is 91.2 Å². The van der Waals surface area contributed by atoms with Gasteiger partial charge in [-0.1, -0.05) is 0 Å². The summed E-state index contributed by atoms with van der Waals surface area (Å²) in [7, 11) is 0. The molecule has 0 bridgehead atoms. The van der Waals surface area contributed by atoms with E-state index in [1.54, 1.807) is 11.8 Å². The first-order chi connectivity index (χ1) is 6.35. The van der Waals surface area contributed by atoms with Crippen LogP contribution in [0.3, 0.4) is 0 Å². The summed E-state index contributed by atoms with van der Waals surface area (Å²) in [5.74, 6) is 1.12. The molecule has 84 valence electrons. The second-order valence-electron chi connectivity index (χ2n) is 4.42. The van der Waals surface area contributed by atoms with E-state index in [1.165, 1.54) is 0 Å². The Morgan fingerprint density at radius 1 is 1.57 bits per heavy atom. The van der Waals surface area contributed by atoms with Gasteiger partial charge in [0.2, 0.25) is 5.91 Å². The number of amides is 1. The van der Waals surface area contributed by atoms with Crippen molar-refractivity contribution in [1.29, 1.82) is 0 Å². The lowest BCUT2D eigenvalue weighted by atomic mass is 10.0. The van der Waals surface area contributed by atoms with Crippen molar-refractivity contribution in [2.45, 2.75) is 45.2 Å². The van der Waals surface area contributed by atoms with E-state index in [0.29, 0.717) is 6.42 Å². The van der Waals surface area contributed by atoms with Crippen molar-refractivity contribution in [2.75, 3.05) is 12.0 Å². The number of nitrogens with two attached hydrogens (primary N) is 1. The first kappa shape index (κ1) is 13.8. The molecular formula is C10H22N2OS. The average Bonchev–Trinajstić information content (AvgIpc) is 1.96. The van der Waals surface area contributed by atoms with Gasteiger partial charge < -0.3 is 11.1 Å². The molecule has 1 amide bonds. The van der Waals surface area contributed by atoms with Crippen molar-refractivity contribution >= 4 is 17.7 Å². The van der Waals surface area contributed by atoms with Crippen LogP contribution in [-0.2, 0) is 4.79 Å². The lowest BCUT2D eigenvalue weighted by Gasteiger charge is -2.20. The average molecular weight is 218 g/mol. The minimum Gasteiger partial charge on any atom is -0.354 e. The normalized spacial score (nSPS) is 13.8. The fourth-order valence-corrected chi connectivity index (χ4v) is 1.70. The summed E-state index contributed by atoms with van der Waals surface area (Å²) >= 11 is 1.79. The first-order valence-corrected chi connectivity index (χ1v) is 6.31. The topological polar surface area (TPSA) is 55.1 Å². The van der Waals surface area contributed by atoms with E-state index in [0.717, 1.165) is 12.2 Å². The third-order valence-electron chi connectivity index (χ3n) is 1.78. The molecule has 4 heteroatoms. The lowest BCUT2D eigenvalue weighted by molar-refractivity contribution is -0.122. The molecule has 0 aliphatic rings. The minimum atomic E-state index is -0.413. The number of thioether (sulfide) groups is 1. The van der Waals surface area contributed by atoms with Crippen LogP contribution >= 0.6 is 11.8 Å². The molecule has 0 aromatic carbocycles. The van der Waals surface area contributed by atoms with E-state index in [4.69, 9.17) is 5.73 Å². The van der Waals surface area contributed by atoms with Crippen LogP contribution in [0.25, 0.3) is 0 Å². The largest absolute Gasteiger partial charge is 0.354 e. The first-order valence-electron chi connectivity index (χ1n) is 4.92. The molecule has 3 nitrogen and oxygen atoms in total. The van der Waals surface area contributed by atoms with Crippen LogP contribution in [0.1, 0.15) is 33.6 Å². The maximum atomic E-state index is 11.4. The van der Waals surface area contributed by atoms with Gasteiger partial charge in [-0.3, -0.25) is 4.79 Å². The third kappa shape index (κ3) is 8.38. The Bertz CT molecular complexity index is 177. The zero-order valence-electron chi connectivity index (χ0n) is 9.59. The molecule has 0 radical (unpaired) electrons. The second kappa shape index (κ2) is 6.30. The number of carbonyl (C=O) groups excluding carboxylic acids is 1. The van der Waals surface area contributed by atoms with Crippen LogP contribution in [0.15, 0.2) is 0 Å². The van der Waals surface area contributed by atoms with E-state index < -0.39 is 5.54 Å². The lowest BCUT2D eigenvalue weighted by Crippen LogP contribution is -2.41. The molecule has 1 atom stereocenters. The van der Waals surface area contributed by atoms with E-state index in [1.807, 2.05) is 20.8 Å². The molecule has 0 saturated carbocycles. The van der Waals surface area contributed by atoms with Crippen LogP contribution in [0.2, 0.25) is 0 Å². The van der Waals surface area contributed by atoms with E-state index in [9.17, 15) is 4.79 Å². The van der Waals surface area contributed by atoms with Crippen molar-refractivity contribution in [3.63, 3.8) is 0 Å². The highest BCUT2D eigenvalue weighted by Crippen LogP contribution is 2.04. The highest BCUT2D eigenvalue weighted by molar-refractivity contribution is 7.98. The molecule has 0 heterocycles. The van der Waals surface area contributed by atoms with Gasteiger partial charge in [0.25, 0.3) is 0 Å². The fraction of sp³-hybridized carbons (Fsp3) is 0.900. The number of carbonyl (C=O) groups is 1. The Balaban J connectivity index is 3.71.